The second-order valence-electron chi connectivity index (χ2n) is 4.47. The van der Waals surface area contributed by atoms with Crippen molar-refractivity contribution in [2.75, 3.05) is 5.32 Å². The minimum absolute atomic E-state index is 0.0301. The van der Waals surface area contributed by atoms with Crippen LogP contribution in [-0.2, 0) is 6.42 Å². The van der Waals surface area contributed by atoms with Gasteiger partial charge in [-0.15, -0.1) is 0 Å². The number of nitrogens with one attached hydrogen (secondary N) is 2. The Kier molecular flexibility index (Phi) is 2.80. The summed E-state index contributed by atoms with van der Waals surface area (Å²) in [7, 11) is 0. The van der Waals surface area contributed by atoms with Gasteiger partial charge in [-0.2, -0.15) is 0 Å². The Morgan fingerprint density at radius 3 is 2.94 bits per heavy atom. The first-order chi connectivity index (χ1) is 8.83. The van der Waals surface area contributed by atoms with E-state index in [2.05, 4.69) is 20.3 Å². The molecule has 2 aromatic heterocycles. The molecule has 5 heteroatoms. The van der Waals surface area contributed by atoms with Crippen LogP contribution in [0, 0.1) is 0 Å². The molecule has 92 valence electrons. The molecule has 1 atom stereocenters. The summed E-state index contributed by atoms with van der Waals surface area (Å²) < 4.78 is 0. The smallest absolute Gasteiger partial charge is 0.248 e. The molecule has 3 rings (SSSR count). The van der Waals surface area contributed by atoms with Crippen molar-refractivity contribution in [3.05, 3.63) is 52.5 Å². The van der Waals surface area contributed by atoms with Gasteiger partial charge in [0.25, 0.3) is 0 Å². The molecule has 0 aromatic carbocycles. The van der Waals surface area contributed by atoms with Gasteiger partial charge in [0.15, 0.2) is 0 Å². The Morgan fingerprint density at radius 1 is 1.28 bits per heavy atom. The fraction of sp³-hybridized carbons (Fsp3) is 0.308. The minimum Gasteiger partial charge on any atom is -0.376 e. The van der Waals surface area contributed by atoms with E-state index in [1.54, 1.807) is 18.5 Å². The van der Waals surface area contributed by atoms with Crippen LogP contribution < -0.4 is 10.9 Å². The van der Waals surface area contributed by atoms with Gasteiger partial charge in [0.2, 0.25) is 5.56 Å². The van der Waals surface area contributed by atoms with E-state index in [0.717, 1.165) is 30.6 Å². The van der Waals surface area contributed by atoms with Gasteiger partial charge in [0.1, 0.15) is 6.33 Å². The van der Waals surface area contributed by atoms with E-state index < -0.39 is 0 Å². The van der Waals surface area contributed by atoms with E-state index in [1.165, 1.54) is 11.9 Å². The van der Waals surface area contributed by atoms with Crippen LogP contribution in [0.15, 0.2) is 35.6 Å². The number of H-pyrrole nitrogens is 1. The third-order valence-corrected chi connectivity index (χ3v) is 3.23. The standard InChI is InChI=1S/C13H14N4O/c18-13-5-4-10-11(2-1-3-12(10)17-13)16-9-6-14-8-15-7-9/h4-8,11,16H,1-3H2,(H,17,18). The van der Waals surface area contributed by atoms with Crippen molar-refractivity contribution < 1.29 is 0 Å². The van der Waals surface area contributed by atoms with Crippen molar-refractivity contribution in [1.29, 1.82) is 0 Å². The third-order valence-electron chi connectivity index (χ3n) is 3.23. The van der Waals surface area contributed by atoms with Crippen molar-refractivity contribution in [2.24, 2.45) is 0 Å². The van der Waals surface area contributed by atoms with E-state index in [9.17, 15) is 4.79 Å². The predicted molar refractivity (Wildman–Crippen MR) is 68.4 cm³/mol. The molecule has 0 saturated carbocycles. The maximum Gasteiger partial charge on any atom is 0.248 e. The topological polar surface area (TPSA) is 70.7 Å². The summed E-state index contributed by atoms with van der Waals surface area (Å²) in [6, 6.07) is 3.71. The number of aromatic amines is 1. The van der Waals surface area contributed by atoms with Gasteiger partial charge in [-0.3, -0.25) is 4.79 Å². The second-order valence-corrected chi connectivity index (χ2v) is 4.47. The third kappa shape index (κ3) is 2.11. The molecule has 0 spiro atoms. The highest BCUT2D eigenvalue weighted by molar-refractivity contribution is 5.42. The van der Waals surface area contributed by atoms with Crippen LogP contribution in [0.3, 0.4) is 0 Å². The van der Waals surface area contributed by atoms with E-state index in [0.29, 0.717) is 0 Å². The summed E-state index contributed by atoms with van der Waals surface area (Å²) in [6.45, 7) is 0. The molecule has 5 nitrogen and oxygen atoms in total. The number of aromatic nitrogens is 3. The molecule has 2 aromatic rings. The summed E-state index contributed by atoms with van der Waals surface area (Å²) >= 11 is 0. The van der Waals surface area contributed by atoms with Gasteiger partial charge in [0.05, 0.1) is 24.1 Å². The maximum atomic E-state index is 11.3. The molecular weight excluding hydrogens is 228 g/mol. The molecule has 0 radical (unpaired) electrons. The SMILES string of the molecule is O=c1ccc2c([nH]1)CCCC2Nc1cncnc1. The lowest BCUT2D eigenvalue weighted by atomic mass is 9.91. The molecule has 2 heterocycles. The number of fused-ring (bicyclic) bond motifs is 1. The molecule has 0 aliphatic heterocycles. The summed E-state index contributed by atoms with van der Waals surface area (Å²) in [6.07, 6.45) is 8.08. The fourth-order valence-corrected chi connectivity index (χ4v) is 2.43. The lowest BCUT2D eigenvalue weighted by Gasteiger charge is -2.26. The van der Waals surface area contributed by atoms with Gasteiger partial charge in [-0.05, 0) is 30.9 Å². The van der Waals surface area contributed by atoms with E-state index in [1.807, 2.05) is 6.07 Å². The summed E-state index contributed by atoms with van der Waals surface area (Å²) in [4.78, 5) is 22.2. The summed E-state index contributed by atoms with van der Waals surface area (Å²) in [5.41, 5.74) is 3.09. The number of pyridine rings is 1. The predicted octanol–water partition coefficient (Wildman–Crippen LogP) is 1.65. The first kappa shape index (κ1) is 11.0. The Morgan fingerprint density at radius 2 is 2.11 bits per heavy atom. The Balaban J connectivity index is 1.90. The lowest BCUT2D eigenvalue weighted by Crippen LogP contribution is -2.21. The average molecular weight is 242 g/mol. The molecule has 1 unspecified atom stereocenters. The molecule has 2 N–H and O–H groups in total. The quantitative estimate of drug-likeness (QED) is 0.840. The zero-order valence-electron chi connectivity index (χ0n) is 9.89. The van der Waals surface area contributed by atoms with E-state index in [4.69, 9.17) is 0 Å². The number of aryl methyl sites for hydroxylation is 1. The number of anilines is 1. The van der Waals surface area contributed by atoms with Crippen molar-refractivity contribution in [2.45, 2.75) is 25.3 Å². The van der Waals surface area contributed by atoms with Gasteiger partial charge in [0, 0.05) is 11.8 Å². The molecule has 1 aliphatic rings. The van der Waals surface area contributed by atoms with Crippen molar-refractivity contribution in [3.8, 4) is 0 Å². The van der Waals surface area contributed by atoms with E-state index >= 15 is 0 Å². The summed E-state index contributed by atoms with van der Waals surface area (Å²) in [5, 5.41) is 3.41. The molecule has 0 saturated heterocycles. The van der Waals surface area contributed by atoms with Crippen LogP contribution in [-0.4, -0.2) is 15.0 Å². The van der Waals surface area contributed by atoms with Gasteiger partial charge in [-0.25, -0.2) is 9.97 Å². The average Bonchev–Trinajstić information content (AvgIpc) is 2.40. The Labute approximate surface area is 104 Å². The molecule has 0 amide bonds. The first-order valence-electron chi connectivity index (χ1n) is 6.06. The van der Waals surface area contributed by atoms with E-state index in [-0.39, 0.29) is 11.6 Å². The van der Waals surface area contributed by atoms with Crippen LogP contribution in [0.2, 0.25) is 0 Å². The normalized spacial score (nSPS) is 18.1. The first-order valence-corrected chi connectivity index (χ1v) is 6.06. The van der Waals surface area contributed by atoms with Crippen LogP contribution >= 0.6 is 0 Å². The van der Waals surface area contributed by atoms with Gasteiger partial charge >= 0.3 is 0 Å². The largest absolute Gasteiger partial charge is 0.376 e. The Bertz CT molecular complexity index is 593. The summed E-state index contributed by atoms with van der Waals surface area (Å²) in [5.74, 6) is 0. The van der Waals surface area contributed by atoms with Gasteiger partial charge < -0.3 is 10.3 Å². The molecule has 1 aliphatic carbocycles. The van der Waals surface area contributed by atoms with Gasteiger partial charge in [-0.1, -0.05) is 0 Å². The monoisotopic (exact) mass is 242 g/mol. The van der Waals surface area contributed by atoms with Crippen LogP contribution in [0.5, 0.6) is 0 Å². The fourth-order valence-electron chi connectivity index (χ4n) is 2.43. The van der Waals surface area contributed by atoms with Crippen molar-refractivity contribution >= 4 is 5.69 Å². The van der Waals surface area contributed by atoms with Crippen LogP contribution in [0.1, 0.15) is 30.1 Å². The van der Waals surface area contributed by atoms with Crippen molar-refractivity contribution in [1.82, 2.24) is 15.0 Å². The van der Waals surface area contributed by atoms with Crippen molar-refractivity contribution in [3.63, 3.8) is 0 Å². The molecule has 18 heavy (non-hydrogen) atoms. The number of hydrogen-bond acceptors (Lipinski definition) is 4. The number of hydrogen-bond donors (Lipinski definition) is 2. The zero-order chi connectivity index (χ0) is 12.4. The Hall–Kier alpha value is -2.17. The van der Waals surface area contributed by atoms with Crippen LogP contribution in [0.25, 0.3) is 0 Å². The second kappa shape index (κ2) is 4.60. The minimum atomic E-state index is -0.0301. The molecule has 0 fully saturated rings. The molecular formula is C13H14N4O. The maximum absolute atomic E-state index is 11.3. The van der Waals surface area contributed by atoms with Crippen LogP contribution in [0.4, 0.5) is 5.69 Å². The number of rotatable bonds is 2. The lowest BCUT2D eigenvalue weighted by molar-refractivity contribution is 0.586. The molecule has 0 bridgehead atoms. The highest BCUT2D eigenvalue weighted by Crippen LogP contribution is 2.30. The number of nitrogens with zero attached hydrogens (tertiary/aromatic N) is 2. The highest BCUT2D eigenvalue weighted by atomic mass is 16.1. The highest BCUT2D eigenvalue weighted by Gasteiger charge is 2.20. The zero-order valence-corrected chi connectivity index (χ0v) is 9.89.